The number of hydrogen-bond donors (Lipinski definition) is 0. The molecule has 0 saturated carbocycles. The Labute approximate surface area is 127 Å². The van der Waals surface area contributed by atoms with Gasteiger partial charge in [0.2, 0.25) is 0 Å². The zero-order valence-electron chi connectivity index (χ0n) is 12.2. The highest BCUT2D eigenvalue weighted by atomic mass is 79.9. The van der Waals surface area contributed by atoms with Crippen molar-refractivity contribution in [2.45, 2.75) is 27.2 Å². The lowest BCUT2D eigenvalue weighted by molar-refractivity contribution is -0.150. The van der Waals surface area contributed by atoms with E-state index >= 15 is 0 Å². The van der Waals surface area contributed by atoms with Gasteiger partial charge in [-0.3, -0.25) is 9.59 Å². The fraction of sp³-hybridized carbons (Fsp3) is 0.467. The van der Waals surface area contributed by atoms with Crippen molar-refractivity contribution >= 4 is 27.7 Å². The van der Waals surface area contributed by atoms with Crippen LogP contribution in [-0.2, 0) is 20.7 Å². The second-order valence-corrected chi connectivity index (χ2v) is 5.38. The molecular weight excluding hydrogens is 324 g/mol. The minimum atomic E-state index is -0.755. The molecule has 0 aliphatic carbocycles. The number of Topliss-reactive ketones (excluding diaryl/α,β-unsaturated/α-hetero) is 1. The van der Waals surface area contributed by atoms with Crippen LogP contribution in [0.4, 0.5) is 0 Å². The second-order valence-electron chi connectivity index (χ2n) is 4.53. The van der Waals surface area contributed by atoms with E-state index in [4.69, 9.17) is 9.47 Å². The predicted molar refractivity (Wildman–Crippen MR) is 79.9 cm³/mol. The maximum absolute atomic E-state index is 12.1. The van der Waals surface area contributed by atoms with Crippen LogP contribution >= 0.6 is 15.9 Å². The van der Waals surface area contributed by atoms with Crippen molar-refractivity contribution in [3.63, 3.8) is 0 Å². The average molecular weight is 343 g/mol. The summed E-state index contributed by atoms with van der Waals surface area (Å²) in [4.78, 5) is 23.7. The summed E-state index contributed by atoms with van der Waals surface area (Å²) in [6.07, 6.45) is 0.164. The third kappa shape index (κ3) is 4.07. The molecule has 1 aromatic rings. The van der Waals surface area contributed by atoms with E-state index < -0.39 is 11.9 Å². The molecule has 1 atom stereocenters. The smallest absolute Gasteiger partial charge is 0.316 e. The number of hydrogen-bond acceptors (Lipinski definition) is 4. The van der Waals surface area contributed by atoms with Gasteiger partial charge in [0.25, 0.3) is 0 Å². The van der Waals surface area contributed by atoms with Gasteiger partial charge in [-0.05, 0) is 44.0 Å². The number of esters is 1. The number of methoxy groups -OCH3 is 1. The molecule has 20 heavy (non-hydrogen) atoms. The number of rotatable bonds is 6. The van der Waals surface area contributed by atoms with Crippen LogP contribution in [0.15, 0.2) is 16.6 Å². The Morgan fingerprint density at radius 1 is 1.35 bits per heavy atom. The third-order valence-electron chi connectivity index (χ3n) is 3.05. The molecule has 110 valence electrons. The molecule has 0 aromatic heterocycles. The van der Waals surface area contributed by atoms with E-state index in [0.29, 0.717) is 0 Å². The zero-order chi connectivity index (χ0) is 15.3. The molecule has 0 radical (unpaired) electrons. The fourth-order valence-electron chi connectivity index (χ4n) is 1.79. The fourth-order valence-corrected chi connectivity index (χ4v) is 2.39. The van der Waals surface area contributed by atoms with Gasteiger partial charge in [0.05, 0.1) is 13.7 Å². The summed E-state index contributed by atoms with van der Waals surface area (Å²) in [5.41, 5.74) is 1.78. The van der Waals surface area contributed by atoms with Crippen LogP contribution in [-0.4, -0.2) is 25.5 Å². The highest BCUT2D eigenvalue weighted by molar-refractivity contribution is 9.10. The van der Waals surface area contributed by atoms with Gasteiger partial charge in [0, 0.05) is 10.9 Å². The number of carbonyl (C=O) groups excluding carboxylic acids is 2. The average Bonchev–Trinajstić information content (AvgIpc) is 2.41. The van der Waals surface area contributed by atoms with E-state index in [1.165, 1.54) is 0 Å². The molecule has 0 fully saturated rings. The van der Waals surface area contributed by atoms with Crippen molar-refractivity contribution in [3.05, 3.63) is 27.7 Å². The zero-order valence-corrected chi connectivity index (χ0v) is 13.7. The highest BCUT2D eigenvalue weighted by Crippen LogP contribution is 2.27. The molecule has 0 spiro atoms. The van der Waals surface area contributed by atoms with Crippen molar-refractivity contribution in [3.8, 4) is 5.75 Å². The minimum absolute atomic E-state index is 0.164. The molecule has 0 heterocycles. The Morgan fingerprint density at radius 3 is 2.55 bits per heavy atom. The molecule has 0 aliphatic rings. The van der Waals surface area contributed by atoms with Crippen molar-refractivity contribution in [2.24, 2.45) is 5.92 Å². The first-order valence-electron chi connectivity index (χ1n) is 6.43. The van der Waals surface area contributed by atoms with Gasteiger partial charge in [-0.1, -0.05) is 15.9 Å². The van der Waals surface area contributed by atoms with Gasteiger partial charge in [0.1, 0.15) is 11.7 Å². The normalized spacial score (nSPS) is 11.8. The molecule has 0 N–H and O–H groups in total. The van der Waals surface area contributed by atoms with E-state index in [-0.39, 0.29) is 18.8 Å². The molecular formula is C15H19BrO4. The van der Waals surface area contributed by atoms with Gasteiger partial charge < -0.3 is 9.47 Å². The van der Waals surface area contributed by atoms with Crippen molar-refractivity contribution in [1.29, 1.82) is 0 Å². The number of halogens is 1. The van der Waals surface area contributed by atoms with E-state index in [2.05, 4.69) is 15.9 Å². The first-order valence-corrected chi connectivity index (χ1v) is 7.22. The topological polar surface area (TPSA) is 52.6 Å². The third-order valence-corrected chi connectivity index (χ3v) is 3.79. The van der Waals surface area contributed by atoms with Crippen LogP contribution in [0.3, 0.4) is 0 Å². The van der Waals surface area contributed by atoms with Crippen molar-refractivity contribution < 1.29 is 19.1 Å². The van der Waals surface area contributed by atoms with Crippen LogP contribution < -0.4 is 4.74 Å². The number of aryl methyl sites for hydroxylation is 1. The summed E-state index contributed by atoms with van der Waals surface area (Å²) in [6.45, 7) is 5.49. The Bertz CT molecular complexity index is 511. The monoisotopic (exact) mass is 342 g/mol. The highest BCUT2D eigenvalue weighted by Gasteiger charge is 2.23. The summed E-state index contributed by atoms with van der Waals surface area (Å²) in [5.74, 6) is -0.684. The largest absolute Gasteiger partial charge is 0.496 e. The van der Waals surface area contributed by atoms with Gasteiger partial charge in [-0.25, -0.2) is 0 Å². The van der Waals surface area contributed by atoms with E-state index in [0.717, 1.165) is 21.3 Å². The Balaban J connectivity index is 2.88. The number of ketones is 1. The summed E-state index contributed by atoms with van der Waals surface area (Å²) in [5, 5.41) is 0. The standard InChI is InChI=1S/C15H19BrO4/c1-5-20-15(18)10(3)13(17)7-11-8-14(19-4)9(2)6-12(11)16/h6,8,10H,5,7H2,1-4H3. The summed E-state index contributed by atoms with van der Waals surface area (Å²) in [6, 6.07) is 3.71. The van der Waals surface area contributed by atoms with Gasteiger partial charge >= 0.3 is 5.97 Å². The molecule has 1 unspecified atom stereocenters. The Morgan fingerprint density at radius 2 is 2.00 bits per heavy atom. The Kier molecular flexibility index (Phi) is 6.20. The molecule has 1 rings (SSSR count). The van der Waals surface area contributed by atoms with Crippen LogP contribution in [0.2, 0.25) is 0 Å². The lowest BCUT2D eigenvalue weighted by Crippen LogP contribution is -2.24. The first-order chi connectivity index (χ1) is 9.40. The van der Waals surface area contributed by atoms with E-state index in [1.54, 1.807) is 21.0 Å². The van der Waals surface area contributed by atoms with Gasteiger partial charge in [-0.2, -0.15) is 0 Å². The minimum Gasteiger partial charge on any atom is -0.496 e. The maximum atomic E-state index is 12.1. The van der Waals surface area contributed by atoms with Crippen LogP contribution in [0.5, 0.6) is 5.75 Å². The lowest BCUT2D eigenvalue weighted by atomic mass is 9.98. The molecule has 1 aromatic carbocycles. The van der Waals surface area contributed by atoms with Crippen molar-refractivity contribution in [2.75, 3.05) is 13.7 Å². The maximum Gasteiger partial charge on any atom is 0.316 e. The lowest BCUT2D eigenvalue weighted by Gasteiger charge is -2.12. The Hall–Kier alpha value is -1.36. The molecule has 5 heteroatoms. The SMILES string of the molecule is CCOC(=O)C(C)C(=O)Cc1cc(OC)c(C)cc1Br. The number of ether oxygens (including phenoxy) is 2. The number of carbonyl (C=O) groups is 2. The molecule has 0 amide bonds. The van der Waals surface area contributed by atoms with Gasteiger partial charge in [0.15, 0.2) is 5.78 Å². The van der Waals surface area contributed by atoms with Crippen molar-refractivity contribution in [1.82, 2.24) is 0 Å². The van der Waals surface area contributed by atoms with Gasteiger partial charge in [-0.15, -0.1) is 0 Å². The van der Waals surface area contributed by atoms with Crippen LogP contribution in [0, 0.1) is 12.8 Å². The molecule has 0 bridgehead atoms. The first kappa shape index (κ1) is 16.7. The quantitative estimate of drug-likeness (QED) is 0.588. The summed E-state index contributed by atoms with van der Waals surface area (Å²) >= 11 is 3.43. The molecule has 0 aliphatic heterocycles. The molecule has 0 saturated heterocycles. The van der Waals surface area contributed by atoms with Crippen LogP contribution in [0.1, 0.15) is 25.0 Å². The van der Waals surface area contributed by atoms with Crippen LogP contribution in [0.25, 0.3) is 0 Å². The number of benzene rings is 1. The molecule has 4 nitrogen and oxygen atoms in total. The second kappa shape index (κ2) is 7.43. The summed E-state index contributed by atoms with van der Waals surface area (Å²) < 4.78 is 10.9. The van der Waals surface area contributed by atoms with E-state index in [1.807, 2.05) is 19.1 Å². The van der Waals surface area contributed by atoms with E-state index in [9.17, 15) is 9.59 Å². The summed E-state index contributed by atoms with van der Waals surface area (Å²) in [7, 11) is 1.59. The predicted octanol–water partition coefficient (Wildman–Crippen LogP) is 3.08.